The predicted octanol–water partition coefficient (Wildman–Crippen LogP) is 0.891. The lowest BCUT2D eigenvalue weighted by Gasteiger charge is -2.26. The van der Waals surface area contributed by atoms with Crippen LogP contribution < -0.4 is 5.14 Å². The molecule has 5 heteroatoms. The van der Waals surface area contributed by atoms with Gasteiger partial charge in [0.1, 0.15) is 5.25 Å². The van der Waals surface area contributed by atoms with Crippen LogP contribution >= 0.6 is 0 Å². The van der Waals surface area contributed by atoms with Gasteiger partial charge in [-0.25, -0.2) is 13.6 Å². The molecule has 14 heavy (non-hydrogen) atoms. The highest BCUT2D eigenvalue weighted by Crippen LogP contribution is 2.18. The average Bonchev–Trinajstić information content (AvgIpc) is 2.00. The molecule has 0 fully saturated rings. The maximum Gasteiger partial charge on any atom is 0.214 e. The molecule has 0 aliphatic rings. The van der Waals surface area contributed by atoms with E-state index in [0.29, 0.717) is 6.42 Å². The number of nitrogens with two attached hydrogens (primary N) is 1. The Morgan fingerprint density at radius 1 is 1.50 bits per heavy atom. The summed E-state index contributed by atoms with van der Waals surface area (Å²) in [5.74, 6) is -0.0742. The van der Waals surface area contributed by atoms with Crippen molar-refractivity contribution in [3.63, 3.8) is 0 Å². The smallest absolute Gasteiger partial charge is 0.214 e. The summed E-state index contributed by atoms with van der Waals surface area (Å²) in [5.41, 5.74) is 0. The SMILES string of the molecule is C=CCC(OC)C(C(C)C)S(N)(=O)=O. The highest BCUT2D eigenvalue weighted by molar-refractivity contribution is 7.89. The normalized spacial score (nSPS) is 16.6. The second kappa shape index (κ2) is 5.48. The topological polar surface area (TPSA) is 69.4 Å². The van der Waals surface area contributed by atoms with Gasteiger partial charge in [0.25, 0.3) is 0 Å². The van der Waals surface area contributed by atoms with Crippen LogP contribution in [0.15, 0.2) is 12.7 Å². The minimum atomic E-state index is -3.57. The fourth-order valence-corrected chi connectivity index (χ4v) is 2.95. The van der Waals surface area contributed by atoms with Crippen molar-refractivity contribution in [1.29, 1.82) is 0 Å². The van der Waals surface area contributed by atoms with Crippen LogP contribution in [0.1, 0.15) is 20.3 Å². The van der Waals surface area contributed by atoms with Gasteiger partial charge in [0.2, 0.25) is 10.0 Å². The molecule has 2 atom stereocenters. The van der Waals surface area contributed by atoms with Gasteiger partial charge in [0.15, 0.2) is 0 Å². The lowest BCUT2D eigenvalue weighted by molar-refractivity contribution is 0.0899. The first-order chi connectivity index (χ1) is 6.34. The van der Waals surface area contributed by atoms with Gasteiger partial charge in [-0.2, -0.15) is 0 Å². The summed E-state index contributed by atoms with van der Waals surface area (Å²) in [4.78, 5) is 0. The van der Waals surface area contributed by atoms with Gasteiger partial charge < -0.3 is 4.74 Å². The van der Waals surface area contributed by atoms with Gasteiger partial charge in [0, 0.05) is 7.11 Å². The molecule has 4 nitrogen and oxygen atoms in total. The van der Waals surface area contributed by atoms with Crippen LogP contribution in [0.2, 0.25) is 0 Å². The molecule has 84 valence electrons. The van der Waals surface area contributed by atoms with E-state index in [-0.39, 0.29) is 5.92 Å². The van der Waals surface area contributed by atoms with E-state index in [1.165, 1.54) is 7.11 Å². The maximum absolute atomic E-state index is 11.3. The van der Waals surface area contributed by atoms with Crippen LogP contribution in [-0.2, 0) is 14.8 Å². The number of primary sulfonamides is 1. The Morgan fingerprint density at radius 2 is 2.00 bits per heavy atom. The zero-order valence-electron chi connectivity index (χ0n) is 8.93. The summed E-state index contributed by atoms with van der Waals surface area (Å²) in [6, 6.07) is 0. The fourth-order valence-electron chi connectivity index (χ4n) is 1.55. The first-order valence-corrected chi connectivity index (χ1v) is 6.10. The van der Waals surface area contributed by atoms with Gasteiger partial charge in [-0.1, -0.05) is 19.9 Å². The highest BCUT2D eigenvalue weighted by atomic mass is 32.2. The predicted molar refractivity (Wildman–Crippen MR) is 57.3 cm³/mol. The number of sulfonamides is 1. The van der Waals surface area contributed by atoms with Crippen LogP contribution in [-0.4, -0.2) is 26.9 Å². The highest BCUT2D eigenvalue weighted by Gasteiger charge is 2.33. The second-order valence-corrected chi connectivity index (χ2v) is 5.32. The monoisotopic (exact) mass is 221 g/mol. The molecular formula is C9H19NO3S. The molecule has 0 aliphatic heterocycles. The first kappa shape index (κ1) is 13.6. The molecule has 0 aromatic carbocycles. The Bertz CT molecular complexity index is 272. The zero-order chi connectivity index (χ0) is 11.4. The number of hydrogen-bond acceptors (Lipinski definition) is 3. The van der Waals surface area contributed by atoms with Gasteiger partial charge in [-0.3, -0.25) is 0 Å². The molecule has 0 saturated carbocycles. The Kier molecular flexibility index (Phi) is 5.33. The lowest BCUT2D eigenvalue weighted by Crippen LogP contribution is -2.43. The molecule has 0 saturated heterocycles. The lowest BCUT2D eigenvalue weighted by atomic mass is 10.0. The second-order valence-electron chi connectivity index (χ2n) is 3.60. The van der Waals surface area contributed by atoms with E-state index >= 15 is 0 Å². The molecule has 0 radical (unpaired) electrons. The van der Waals surface area contributed by atoms with Crippen molar-refractivity contribution in [3.8, 4) is 0 Å². The van der Waals surface area contributed by atoms with Crippen molar-refractivity contribution in [2.45, 2.75) is 31.6 Å². The van der Waals surface area contributed by atoms with Crippen molar-refractivity contribution in [3.05, 3.63) is 12.7 Å². The summed E-state index contributed by atoms with van der Waals surface area (Å²) < 4.78 is 27.7. The molecule has 0 rings (SSSR count). The molecule has 0 spiro atoms. The summed E-state index contributed by atoms with van der Waals surface area (Å²) in [7, 11) is -2.09. The Hall–Kier alpha value is -0.390. The van der Waals surface area contributed by atoms with E-state index in [1.54, 1.807) is 6.08 Å². The molecule has 0 heterocycles. The van der Waals surface area contributed by atoms with Crippen molar-refractivity contribution in [2.75, 3.05) is 7.11 Å². The van der Waals surface area contributed by atoms with Gasteiger partial charge in [-0.15, -0.1) is 6.58 Å². The van der Waals surface area contributed by atoms with Crippen molar-refractivity contribution < 1.29 is 13.2 Å². The molecule has 0 aliphatic carbocycles. The van der Waals surface area contributed by atoms with Crippen LogP contribution in [0.3, 0.4) is 0 Å². The van der Waals surface area contributed by atoms with E-state index in [2.05, 4.69) is 6.58 Å². The molecule has 2 N–H and O–H groups in total. The standard InChI is InChI=1S/C9H19NO3S/c1-5-6-8(13-4)9(7(2)3)14(10,11)12/h5,7-9H,1,6H2,2-4H3,(H2,10,11,12). The quantitative estimate of drug-likeness (QED) is 0.677. The average molecular weight is 221 g/mol. The summed E-state index contributed by atoms with van der Waals surface area (Å²) in [6.45, 7) is 7.18. The largest absolute Gasteiger partial charge is 0.380 e. The molecule has 0 aromatic rings. The van der Waals surface area contributed by atoms with Crippen LogP contribution in [0.4, 0.5) is 0 Å². The molecular weight excluding hydrogens is 202 g/mol. The third-order valence-corrected chi connectivity index (χ3v) is 3.71. The molecule has 0 aromatic heterocycles. The molecule has 0 bridgehead atoms. The third kappa shape index (κ3) is 3.77. The van der Waals surface area contributed by atoms with Gasteiger partial charge in [0.05, 0.1) is 6.10 Å². The van der Waals surface area contributed by atoms with Crippen LogP contribution in [0.5, 0.6) is 0 Å². The Morgan fingerprint density at radius 3 is 2.21 bits per heavy atom. The number of hydrogen-bond donors (Lipinski definition) is 1. The minimum absolute atomic E-state index is 0.0742. The zero-order valence-corrected chi connectivity index (χ0v) is 9.75. The minimum Gasteiger partial charge on any atom is -0.380 e. The molecule has 0 amide bonds. The van der Waals surface area contributed by atoms with Crippen molar-refractivity contribution >= 4 is 10.0 Å². The maximum atomic E-state index is 11.3. The Labute approximate surface area is 86.2 Å². The van der Waals surface area contributed by atoms with E-state index in [4.69, 9.17) is 9.88 Å². The summed E-state index contributed by atoms with van der Waals surface area (Å²) in [5, 5.41) is 4.47. The van der Waals surface area contributed by atoms with E-state index in [0.717, 1.165) is 0 Å². The van der Waals surface area contributed by atoms with Crippen molar-refractivity contribution in [2.24, 2.45) is 11.1 Å². The summed E-state index contributed by atoms with van der Waals surface area (Å²) >= 11 is 0. The third-order valence-electron chi connectivity index (χ3n) is 2.10. The molecule has 2 unspecified atom stereocenters. The number of methoxy groups -OCH3 is 1. The van der Waals surface area contributed by atoms with E-state index < -0.39 is 21.4 Å². The number of rotatable bonds is 6. The fraction of sp³-hybridized carbons (Fsp3) is 0.778. The van der Waals surface area contributed by atoms with Crippen LogP contribution in [0.25, 0.3) is 0 Å². The van der Waals surface area contributed by atoms with E-state index in [1.807, 2.05) is 13.8 Å². The van der Waals surface area contributed by atoms with E-state index in [9.17, 15) is 8.42 Å². The first-order valence-electron chi connectivity index (χ1n) is 4.49. The summed E-state index contributed by atoms with van der Waals surface area (Å²) in [6.07, 6.45) is 1.70. The van der Waals surface area contributed by atoms with Gasteiger partial charge in [-0.05, 0) is 12.3 Å². The van der Waals surface area contributed by atoms with Crippen molar-refractivity contribution in [1.82, 2.24) is 0 Å². The Balaban J connectivity index is 4.88. The van der Waals surface area contributed by atoms with Gasteiger partial charge >= 0.3 is 0 Å². The number of ether oxygens (including phenoxy) is 1. The van der Waals surface area contributed by atoms with Crippen LogP contribution in [0, 0.1) is 5.92 Å².